The molecule has 11 rings (SSSR count). The Labute approximate surface area is 283 Å². The second-order valence-electron chi connectivity index (χ2n) is 13.1. The molecule has 228 valence electrons. The standard InChI is InChI=1S/C46H28N2O/c1-2-14-29(15-3-1)34-27-45(47-40-23-11-6-18-32(34)40)48-41-24-12-7-19-33(41)35-26-44-39(28-42(35)48)46(38-22-10-13-25-43(38)49-44)36-20-8-4-16-30(36)31-17-5-9-21-37(31)46/h1-28H. The lowest BCUT2D eigenvalue weighted by Crippen LogP contribution is -2.32. The number of rotatable bonds is 2. The van der Waals surface area contributed by atoms with Crippen molar-refractivity contribution >= 4 is 32.7 Å². The van der Waals surface area contributed by atoms with E-state index in [0.717, 1.165) is 61.3 Å². The summed E-state index contributed by atoms with van der Waals surface area (Å²) in [5, 5.41) is 3.44. The fourth-order valence-electron chi connectivity index (χ4n) is 8.70. The smallest absolute Gasteiger partial charge is 0.138 e. The Bertz CT molecular complexity index is 2770. The minimum atomic E-state index is -0.543. The van der Waals surface area contributed by atoms with Gasteiger partial charge in [-0.2, -0.15) is 0 Å². The molecule has 9 aromatic rings. The summed E-state index contributed by atoms with van der Waals surface area (Å²) in [6, 6.07) is 61.0. The zero-order valence-electron chi connectivity index (χ0n) is 26.5. The van der Waals surface area contributed by atoms with Gasteiger partial charge in [-0.15, -0.1) is 0 Å². The number of fused-ring (bicyclic) bond motifs is 13. The molecule has 2 aliphatic rings. The average molecular weight is 625 g/mol. The van der Waals surface area contributed by atoms with Crippen molar-refractivity contribution in [3.63, 3.8) is 0 Å². The fourth-order valence-corrected chi connectivity index (χ4v) is 8.70. The van der Waals surface area contributed by atoms with E-state index in [1.54, 1.807) is 0 Å². The van der Waals surface area contributed by atoms with Crippen LogP contribution in [0.15, 0.2) is 170 Å². The highest BCUT2D eigenvalue weighted by Gasteiger charge is 2.51. The van der Waals surface area contributed by atoms with Gasteiger partial charge in [0.25, 0.3) is 0 Å². The molecular weight excluding hydrogens is 597 g/mol. The summed E-state index contributed by atoms with van der Waals surface area (Å²) in [4.78, 5) is 5.34. The van der Waals surface area contributed by atoms with E-state index in [1.807, 2.05) is 0 Å². The normalized spacial score (nSPS) is 13.6. The maximum Gasteiger partial charge on any atom is 0.138 e. The highest BCUT2D eigenvalue weighted by molar-refractivity contribution is 6.11. The fraction of sp³-hybridized carbons (Fsp3) is 0.0217. The van der Waals surface area contributed by atoms with Crippen molar-refractivity contribution in [1.29, 1.82) is 0 Å². The van der Waals surface area contributed by atoms with Crippen LogP contribution in [0.2, 0.25) is 0 Å². The highest BCUT2D eigenvalue weighted by atomic mass is 16.5. The lowest BCUT2D eigenvalue weighted by atomic mass is 9.66. The largest absolute Gasteiger partial charge is 0.457 e. The number of hydrogen-bond donors (Lipinski definition) is 0. The van der Waals surface area contributed by atoms with Gasteiger partial charge in [0.1, 0.15) is 17.3 Å². The van der Waals surface area contributed by atoms with Crippen molar-refractivity contribution in [2.45, 2.75) is 5.41 Å². The van der Waals surface area contributed by atoms with Crippen molar-refractivity contribution in [3.05, 3.63) is 192 Å². The van der Waals surface area contributed by atoms with E-state index in [4.69, 9.17) is 9.72 Å². The predicted molar refractivity (Wildman–Crippen MR) is 199 cm³/mol. The third-order valence-corrected chi connectivity index (χ3v) is 10.7. The van der Waals surface area contributed by atoms with Gasteiger partial charge in [-0.25, -0.2) is 4.98 Å². The molecule has 1 aliphatic carbocycles. The van der Waals surface area contributed by atoms with Gasteiger partial charge in [0, 0.05) is 27.3 Å². The van der Waals surface area contributed by atoms with Crippen molar-refractivity contribution in [3.8, 4) is 39.6 Å². The van der Waals surface area contributed by atoms with Gasteiger partial charge in [0.05, 0.1) is 22.0 Å². The molecule has 2 aromatic heterocycles. The lowest BCUT2D eigenvalue weighted by molar-refractivity contribution is 0.437. The summed E-state index contributed by atoms with van der Waals surface area (Å²) in [5.74, 6) is 2.67. The molecule has 1 spiro atoms. The number of pyridine rings is 1. The van der Waals surface area contributed by atoms with Crippen molar-refractivity contribution in [2.75, 3.05) is 0 Å². The van der Waals surface area contributed by atoms with Gasteiger partial charge in [0.15, 0.2) is 0 Å². The number of hydrogen-bond acceptors (Lipinski definition) is 2. The topological polar surface area (TPSA) is 27.1 Å². The first kappa shape index (κ1) is 26.6. The first-order valence-electron chi connectivity index (χ1n) is 16.8. The third-order valence-electron chi connectivity index (χ3n) is 10.7. The molecule has 0 bridgehead atoms. The molecule has 49 heavy (non-hydrogen) atoms. The van der Waals surface area contributed by atoms with E-state index < -0.39 is 5.41 Å². The van der Waals surface area contributed by atoms with Crippen molar-refractivity contribution < 1.29 is 4.74 Å². The zero-order valence-corrected chi connectivity index (χ0v) is 26.5. The zero-order chi connectivity index (χ0) is 32.1. The number of ether oxygens (including phenoxy) is 1. The second-order valence-corrected chi connectivity index (χ2v) is 13.1. The molecule has 7 aromatic carbocycles. The van der Waals surface area contributed by atoms with Gasteiger partial charge >= 0.3 is 0 Å². The Kier molecular flexibility index (Phi) is 5.31. The Morgan fingerprint density at radius 2 is 1.06 bits per heavy atom. The van der Waals surface area contributed by atoms with E-state index in [2.05, 4.69) is 174 Å². The Hall–Kier alpha value is -6.45. The van der Waals surface area contributed by atoms with Crippen LogP contribution in [0.5, 0.6) is 11.5 Å². The number of aromatic nitrogens is 2. The van der Waals surface area contributed by atoms with Gasteiger partial charge in [-0.1, -0.05) is 133 Å². The first-order valence-corrected chi connectivity index (χ1v) is 16.8. The second kappa shape index (κ2) is 9.79. The van der Waals surface area contributed by atoms with Crippen molar-refractivity contribution in [2.24, 2.45) is 0 Å². The average Bonchev–Trinajstić information content (AvgIpc) is 3.65. The molecule has 3 nitrogen and oxygen atoms in total. The number of benzene rings is 7. The minimum absolute atomic E-state index is 0.543. The van der Waals surface area contributed by atoms with Gasteiger partial charge in [-0.05, 0) is 69.8 Å². The summed E-state index contributed by atoms with van der Waals surface area (Å²) in [5.41, 5.74) is 12.4. The molecule has 0 amide bonds. The molecular formula is C46H28N2O. The molecule has 0 fully saturated rings. The Morgan fingerprint density at radius 1 is 0.429 bits per heavy atom. The maximum absolute atomic E-state index is 6.88. The van der Waals surface area contributed by atoms with E-state index in [9.17, 15) is 0 Å². The summed E-state index contributed by atoms with van der Waals surface area (Å²) in [6.45, 7) is 0. The summed E-state index contributed by atoms with van der Waals surface area (Å²) >= 11 is 0. The first-order chi connectivity index (χ1) is 24.3. The van der Waals surface area contributed by atoms with Crippen LogP contribution in [0.1, 0.15) is 22.3 Å². The Balaban J connectivity index is 1.29. The van der Waals surface area contributed by atoms with Crippen LogP contribution < -0.4 is 4.74 Å². The Morgan fingerprint density at radius 3 is 1.86 bits per heavy atom. The molecule has 0 N–H and O–H groups in total. The van der Waals surface area contributed by atoms with Gasteiger partial charge < -0.3 is 4.74 Å². The van der Waals surface area contributed by atoms with Crippen LogP contribution in [-0.2, 0) is 5.41 Å². The molecule has 1 aliphatic heterocycles. The lowest BCUT2D eigenvalue weighted by Gasteiger charge is -2.39. The van der Waals surface area contributed by atoms with Crippen LogP contribution in [0.4, 0.5) is 0 Å². The van der Waals surface area contributed by atoms with Crippen LogP contribution in [-0.4, -0.2) is 9.55 Å². The monoisotopic (exact) mass is 624 g/mol. The van der Waals surface area contributed by atoms with Crippen LogP contribution in [0.3, 0.4) is 0 Å². The van der Waals surface area contributed by atoms with Crippen molar-refractivity contribution in [1.82, 2.24) is 9.55 Å². The van der Waals surface area contributed by atoms with E-state index in [1.165, 1.54) is 33.2 Å². The maximum atomic E-state index is 6.88. The third kappa shape index (κ3) is 3.49. The molecule has 0 radical (unpaired) electrons. The van der Waals surface area contributed by atoms with Gasteiger partial charge in [0.2, 0.25) is 0 Å². The van der Waals surface area contributed by atoms with Crippen LogP contribution >= 0.6 is 0 Å². The molecule has 0 unspecified atom stereocenters. The quantitative estimate of drug-likeness (QED) is 0.191. The van der Waals surface area contributed by atoms with Crippen LogP contribution in [0, 0.1) is 0 Å². The summed E-state index contributed by atoms with van der Waals surface area (Å²) in [7, 11) is 0. The minimum Gasteiger partial charge on any atom is -0.457 e. The van der Waals surface area contributed by atoms with Crippen LogP contribution in [0.25, 0.3) is 60.8 Å². The molecule has 0 atom stereocenters. The van der Waals surface area contributed by atoms with E-state index in [0.29, 0.717) is 0 Å². The molecule has 3 heteroatoms. The number of nitrogens with zero attached hydrogens (tertiary/aromatic N) is 2. The SMILES string of the molecule is c1ccc(-c2cc(-n3c4ccccc4c4cc5c(cc43)C3(c4ccccc4O5)c4ccccc4-c4ccccc43)nc3ccccc23)cc1. The van der Waals surface area contributed by atoms with E-state index >= 15 is 0 Å². The molecule has 0 saturated heterocycles. The predicted octanol–water partition coefficient (Wildman–Crippen LogP) is 11.5. The summed E-state index contributed by atoms with van der Waals surface area (Å²) < 4.78 is 9.23. The molecule has 0 saturated carbocycles. The molecule has 3 heterocycles. The summed E-state index contributed by atoms with van der Waals surface area (Å²) in [6.07, 6.45) is 0. The highest BCUT2D eigenvalue weighted by Crippen LogP contribution is 2.62. The number of para-hydroxylation sites is 3. The van der Waals surface area contributed by atoms with E-state index in [-0.39, 0.29) is 0 Å². The van der Waals surface area contributed by atoms with Gasteiger partial charge in [-0.3, -0.25) is 4.57 Å².